The van der Waals surface area contributed by atoms with E-state index in [9.17, 15) is 4.79 Å². The van der Waals surface area contributed by atoms with Gasteiger partial charge in [0.1, 0.15) is 0 Å². The van der Waals surface area contributed by atoms with E-state index < -0.39 is 0 Å². The van der Waals surface area contributed by atoms with Crippen molar-refractivity contribution in [3.05, 3.63) is 58.6 Å². The molecule has 8 heteroatoms. The third kappa shape index (κ3) is 6.96. The maximum absolute atomic E-state index is 13.4. The first-order chi connectivity index (χ1) is 18.1. The van der Waals surface area contributed by atoms with Crippen LogP contribution in [0.1, 0.15) is 43.7 Å². The number of fused-ring (bicyclic) bond motifs is 1. The van der Waals surface area contributed by atoms with Crippen molar-refractivity contribution in [2.75, 3.05) is 39.5 Å². The molecule has 3 aliphatic rings. The molecule has 0 bridgehead atoms. The minimum atomic E-state index is -0.159. The van der Waals surface area contributed by atoms with Gasteiger partial charge in [0.25, 0.3) is 0 Å². The molecule has 2 aromatic carbocycles. The van der Waals surface area contributed by atoms with E-state index >= 15 is 0 Å². The molecule has 3 heterocycles. The maximum atomic E-state index is 13.4. The van der Waals surface area contributed by atoms with Gasteiger partial charge in [0, 0.05) is 36.7 Å². The molecule has 0 spiro atoms. The van der Waals surface area contributed by atoms with E-state index in [1.54, 1.807) is 0 Å². The monoisotopic (exact) mass is 526 g/mol. The summed E-state index contributed by atoms with van der Waals surface area (Å²) in [6.07, 6.45) is 5.14. The van der Waals surface area contributed by atoms with Crippen LogP contribution in [0.25, 0.3) is 0 Å². The Morgan fingerprint density at radius 2 is 1.89 bits per heavy atom. The molecule has 0 aliphatic carbocycles. The van der Waals surface area contributed by atoms with Crippen LogP contribution in [0.4, 0.5) is 0 Å². The van der Waals surface area contributed by atoms with E-state index in [1.807, 2.05) is 36.4 Å². The minimum Gasteiger partial charge on any atom is -0.454 e. The maximum Gasteiger partial charge on any atom is 0.237 e. The third-order valence-electron chi connectivity index (χ3n) is 7.73. The quantitative estimate of drug-likeness (QED) is 0.490. The van der Waals surface area contributed by atoms with Gasteiger partial charge in [-0.15, -0.1) is 0 Å². The first kappa shape index (κ1) is 26.3. The summed E-state index contributed by atoms with van der Waals surface area (Å²) in [4.78, 5) is 18.3. The summed E-state index contributed by atoms with van der Waals surface area (Å²) in [7, 11) is 0. The number of benzene rings is 2. The molecule has 2 N–H and O–H groups in total. The predicted molar refractivity (Wildman–Crippen MR) is 146 cm³/mol. The van der Waals surface area contributed by atoms with Crippen molar-refractivity contribution in [2.24, 2.45) is 0 Å². The third-order valence-corrected chi connectivity index (χ3v) is 7.96. The topological polar surface area (TPSA) is 66.1 Å². The van der Waals surface area contributed by atoms with Gasteiger partial charge in [0.15, 0.2) is 11.5 Å². The number of hydrogen-bond donors (Lipinski definition) is 2. The molecular formula is C29H39ClN4O3. The fourth-order valence-corrected chi connectivity index (χ4v) is 6.07. The van der Waals surface area contributed by atoms with Crippen LogP contribution in [0.2, 0.25) is 5.02 Å². The Bertz CT molecular complexity index is 1060. The second kappa shape index (κ2) is 12.5. The molecule has 0 saturated carbocycles. The Kier molecular flexibility index (Phi) is 8.87. The molecule has 1 amide bonds. The molecule has 5 rings (SSSR count). The molecule has 0 aromatic heterocycles. The van der Waals surface area contributed by atoms with Gasteiger partial charge in [-0.05, 0) is 87.1 Å². The fourth-order valence-electron chi connectivity index (χ4n) is 5.86. The number of carbonyl (C=O) groups excluding carboxylic acids is 1. The molecule has 2 atom stereocenters. The highest BCUT2D eigenvalue weighted by Crippen LogP contribution is 2.32. The smallest absolute Gasteiger partial charge is 0.237 e. The molecule has 7 nitrogen and oxygen atoms in total. The first-order valence-electron chi connectivity index (χ1n) is 13.7. The van der Waals surface area contributed by atoms with Crippen molar-refractivity contribution in [2.45, 2.75) is 63.7 Å². The second-order valence-corrected chi connectivity index (χ2v) is 11.0. The highest BCUT2D eigenvalue weighted by atomic mass is 35.5. The Morgan fingerprint density at radius 1 is 1.05 bits per heavy atom. The Balaban J connectivity index is 1.18. The SMILES string of the molecule is CCCN1CCC(N[C@H]2C[C@@H](C(=O)NCCc3ccc4c(c3)OCO4)N(Cc3cccc(Cl)c3)C2)CC1. The van der Waals surface area contributed by atoms with Gasteiger partial charge in [-0.3, -0.25) is 9.69 Å². The number of rotatable bonds is 10. The van der Waals surface area contributed by atoms with E-state index in [1.165, 1.54) is 25.8 Å². The van der Waals surface area contributed by atoms with Crippen LogP contribution in [-0.4, -0.2) is 73.3 Å². The normalized spacial score (nSPS) is 22.4. The zero-order chi connectivity index (χ0) is 25.6. The zero-order valence-electron chi connectivity index (χ0n) is 21.8. The average molecular weight is 527 g/mol. The summed E-state index contributed by atoms with van der Waals surface area (Å²) in [5.41, 5.74) is 2.26. The number of hydrogen-bond acceptors (Lipinski definition) is 6. The van der Waals surface area contributed by atoms with Crippen molar-refractivity contribution in [1.82, 2.24) is 20.4 Å². The van der Waals surface area contributed by atoms with Crippen molar-refractivity contribution in [3.63, 3.8) is 0 Å². The van der Waals surface area contributed by atoms with E-state index in [2.05, 4.69) is 33.4 Å². The van der Waals surface area contributed by atoms with Crippen LogP contribution < -0.4 is 20.1 Å². The summed E-state index contributed by atoms with van der Waals surface area (Å²) < 4.78 is 10.9. The predicted octanol–water partition coefficient (Wildman–Crippen LogP) is 3.83. The van der Waals surface area contributed by atoms with Gasteiger partial charge >= 0.3 is 0 Å². The Hall–Kier alpha value is -2.32. The number of ether oxygens (including phenoxy) is 2. The number of carbonyl (C=O) groups is 1. The van der Waals surface area contributed by atoms with E-state index in [0.717, 1.165) is 60.1 Å². The van der Waals surface area contributed by atoms with E-state index in [-0.39, 0.29) is 18.7 Å². The lowest BCUT2D eigenvalue weighted by Gasteiger charge is -2.33. The number of amides is 1. The molecule has 0 radical (unpaired) electrons. The van der Waals surface area contributed by atoms with Gasteiger partial charge < -0.3 is 25.0 Å². The largest absolute Gasteiger partial charge is 0.454 e. The van der Waals surface area contributed by atoms with Crippen molar-refractivity contribution >= 4 is 17.5 Å². The highest BCUT2D eigenvalue weighted by molar-refractivity contribution is 6.30. The van der Waals surface area contributed by atoms with Gasteiger partial charge in [-0.2, -0.15) is 0 Å². The molecule has 2 fully saturated rings. The van der Waals surface area contributed by atoms with Crippen LogP contribution in [0.5, 0.6) is 11.5 Å². The van der Waals surface area contributed by atoms with E-state index in [4.69, 9.17) is 21.1 Å². The number of nitrogens with one attached hydrogen (secondary N) is 2. The van der Waals surface area contributed by atoms with Gasteiger partial charge in [0.05, 0.1) is 6.04 Å². The summed E-state index contributed by atoms with van der Waals surface area (Å²) in [5, 5.41) is 7.83. The molecule has 3 aliphatic heterocycles. The summed E-state index contributed by atoms with van der Waals surface area (Å²) in [6, 6.07) is 14.6. The fraction of sp³-hybridized carbons (Fsp3) is 0.552. The summed E-state index contributed by atoms with van der Waals surface area (Å²) in [6.45, 7) is 8.20. The molecule has 200 valence electrons. The van der Waals surface area contributed by atoms with Crippen LogP contribution >= 0.6 is 11.6 Å². The number of nitrogens with zero attached hydrogens (tertiary/aromatic N) is 2. The van der Waals surface area contributed by atoms with Crippen molar-refractivity contribution in [3.8, 4) is 11.5 Å². The molecule has 2 saturated heterocycles. The lowest BCUT2D eigenvalue weighted by molar-refractivity contribution is -0.125. The first-order valence-corrected chi connectivity index (χ1v) is 14.1. The van der Waals surface area contributed by atoms with Crippen LogP contribution in [0.15, 0.2) is 42.5 Å². The zero-order valence-corrected chi connectivity index (χ0v) is 22.5. The number of likely N-dealkylation sites (tertiary alicyclic amines) is 2. The lowest BCUT2D eigenvalue weighted by Crippen LogP contribution is -2.47. The average Bonchev–Trinajstić information content (AvgIpc) is 3.52. The van der Waals surface area contributed by atoms with Gasteiger partial charge in [-0.1, -0.05) is 36.7 Å². The molecule has 0 unspecified atom stereocenters. The lowest BCUT2D eigenvalue weighted by atomic mass is 10.0. The molecule has 37 heavy (non-hydrogen) atoms. The van der Waals surface area contributed by atoms with E-state index in [0.29, 0.717) is 25.2 Å². The molecule has 2 aromatic rings. The standard InChI is InChI=1S/C29H39ClN4O3/c1-2-12-33-13-9-24(10-14-33)32-25-17-26(34(19-25)18-22-4-3-5-23(30)15-22)29(35)31-11-8-21-6-7-27-28(16-21)37-20-36-27/h3-7,15-16,24-26,32H,2,8-14,17-20H2,1H3,(H,31,35)/t25-,26-/m0/s1. The number of piperidine rings is 1. The summed E-state index contributed by atoms with van der Waals surface area (Å²) in [5.74, 6) is 1.66. The number of halogens is 1. The second-order valence-electron chi connectivity index (χ2n) is 10.5. The van der Waals surface area contributed by atoms with Crippen LogP contribution in [0, 0.1) is 0 Å². The Labute approximate surface area is 225 Å². The molecular weight excluding hydrogens is 488 g/mol. The van der Waals surface area contributed by atoms with Gasteiger partial charge in [-0.25, -0.2) is 0 Å². The van der Waals surface area contributed by atoms with Crippen LogP contribution in [0.3, 0.4) is 0 Å². The van der Waals surface area contributed by atoms with Crippen molar-refractivity contribution < 1.29 is 14.3 Å². The van der Waals surface area contributed by atoms with Gasteiger partial charge in [0.2, 0.25) is 12.7 Å². The van der Waals surface area contributed by atoms with Crippen LogP contribution in [-0.2, 0) is 17.8 Å². The summed E-state index contributed by atoms with van der Waals surface area (Å²) >= 11 is 6.25. The Morgan fingerprint density at radius 3 is 2.70 bits per heavy atom. The van der Waals surface area contributed by atoms with Crippen molar-refractivity contribution in [1.29, 1.82) is 0 Å². The highest BCUT2D eigenvalue weighted by Gasteiger charge is 2.37. The minimum absolute atomic E-state index is 0.102.